The highest BCUT2D eigenvalue weighted by Crippen LogP contribution is 2.25. The third-order valence-electron chi connectivity index (χ3n) is 4.22. The van der Waals surface area contributed by atoms with E-state index in [0.717, 1.165) is 0 Å². The lowest BCUT2D eigenvalue weighted by atomic mass is 10.1. The number of carboxylic acids is 1. The number of rotatable bonds is 6. The van der Waals surface area contributed by atoms with Gasteiger partial charge in [-0.3, -0.25) is 4.79 Å². The van der Waals surface area contributed by atoms with Crippen LogP contribution in [0.3, 0.4) is 0 Å². The molecule has 0 bridgehead atoms. The van der Waals surface area contributed by atoms with Gasteiger partial charge in [0.2, 0.25) is 11.8 Å². The Bertz CT molecular complexity index is 821. The Balaban J connectivity index is 2.14. The molecule has 1 saturated heterocycles. The van der Waals surface area contributed by atoms with E-state index in [0.29, 0.717) is 10.6 Å². The number of nitrogens with one attached hydrogen (secondary N) is 1. The quantitative estimate of drug-likeness (QED) is 0.654. The van der Waals surface area contributed by atoms with E-state index < -0.39 is 41.8 Å². The number of nitrogens with zero attached hydrogens (tertiary/aromatic N) is 2. The first-order chi connectivity index (χ1) is 13.9. The summed E-state index contributed by atoms with van der Waals surface area (Å²) in [5.74, 6) is -1.50. The number of carbonyl (C=O) groups excluding carboxylic acids is 2. The molecule has 2 heterocycles. The summed E-state index contributed by atoms with van der Waals surface area (Å²) in [5.41, 5.74) is -0.409. The number of halogens is 1. The molecule has 0 radical (unpaired) electrons. The molecule has 1 aliphatic rings. The Morgan fingerprint density at radius 3 is 2.53 bits per heavy atom. The molecule has 2 rings (SSSR count). The van der Waals surface area contributed by atoms with Crippen molar-refractivity contribution in [2.45, 2.75) is 57.9 Å². The fraction of sp³-hybridized carbons (Fsp3) is 0.500. The van der Waals surface area contributed by atoms with Crippen LogP contribution in [0.25, 0.3) is 0 Å². The highest BCUT2D eigenvalue weighted by Gasteiger charge is 2.43. The number of ether oxygens (including phenoxy) is 2. The topological polar surface area (TPSA) is 118 Å². The minimum Gasteiger partial charge on any atom is -0.480 e. The van der Waals surface area contributed by atoms with Gasteiger partial charge >= 0.3 is 12.1 Å². The van der Waals surface area contributed by atoms with Crippen molar-refractivity contribution < 1.29 is 29.0 Å². The van der Waals surface area contributed by atoms with Crippen molar-refractivity contribution in [1.29, 1.82) is 0 Å². The van der Waals surface area contributed by atoms with Crippen molar-refractivity contribution in [3.05, 3.63) is 35.5 Å². The molecule has 1 aromatic rings. The molecule has 2 amide bonds. The van der Waals surface area contributed by atoms with Gasteiger partial charge in [0, 0.05) is 18.7 Å². The van der Waals surface area contributed by atoms with E-state index in [1.807, 2.05) is 0 Å². The molecule has 0 aromatic carbocycles. The number of aromatic nitrogens is 1. The number of hydrogen-bond acceptors (Lipinski definition) is 6. The van der Waals surface area contributed by atoms with E-state index in [4.69, 9.17) is 21.1 Å². The van der Waals surface area contributed by atoms with Crippen molar-refractivity contribution >= 4 is 29.6 Å². The van der Waals surface area contributed by atoms with Crippen LogP contribution >= 0.6 is 11.6 Å². The maximum atomic E-state index is 13.1. The molecule has 1 aromatic heterocycles. The molecule has 3 atom stereocenters. The van der Waals surface area contributed by atoms with Gasteiger partial charge in [0.15, 0.2) is 0 Å². The van der Waals surface area contributed by atoms with E-state index in [2.05, 4.69) is 16.9 Å². The largest absolute Gasteiger partial charge is 0.480 e. The van der Waals surface area contributed by atoms with E-state index >= 15 is 0 Å². The Morgan fingerprint density at radius 1 is 1.37 bits per heavy atom. The Kier molecular flexibility index (Phi) is 7.30. The predicted octanol–water partition coefficient (Wildman–Crippen LogP) is 2.64. The normalized spacial score (nSPS) is 19.7. The summed E-state index contributed by atoms with van der Waals surface area (Å²) in [6.07, 6.45) is 0.0931. The van der Waals surface area contributed by atoms with Gasteiger partial charge in [-0.2, -0.15) is 0 Å². The Labute approximate surface area is 180 Å². The third-order valence-corrected chi connectivity index (χ3v) is 4.44. The zero-order chi connectivity index (χ0) is 22.6. The summed E-state index contributed by atoms with van der Waals surface area (Å²) >= 11 is 5.80. The lowest BCUT2D eigenvalue weighted by Gasteiger charge is -2.28. The molecule has 1 aliphatic heterocycles. The van der Waals surface area contributed by atoms with Gasteiger partial charge in [0.05, 0.1) is 11.6 Å². The highest BCUT2D eigenvalue weighted by molar-refractivity contribution is 6.30. The lowest BCUT2D eigenvalue weighted by molar-refractivity contribution is -0.148. The standard InChI is InChI=1S/C20H26ClN3O6/c1-11(2)16(23-19(28)30-20(3,4)5)17(25)24-10-13(8-14(24)18(26)27)29-15-7-6-12(21)9-22-15/h6-7,9,13-14,16H,1,8,10H2,2-5H3,(H,23,28)(H,26,27)/t13-,14+,16+/m1/s1. The predicted molar refractivity (Wildman–Crippen MR) is 109 cm³/mol. The van der Waals surface area contributed by atoms with Gasteiger partial charge in [-0.15, -0.1) is 0 Å². The number of pyridine rings is 1. The number of alkyl carbamates (subject to hydrolysis) is 1. The minimum atomic E-state index is -1.17. The lowest BCUT2D eigenvalue weighted by Crippen LogP contribution is -2.53. The summed E-state index contributed by atoms with van der Waals surface area (Å²) < 4.78 is 10.9. The Morgan fingerprint density at radius 2 is 2.03 bits per heavy atom. The van der Waals surface area contributed by atoms with Crippen LogP contribution < -0.4 is 10.1 Å². The van der Waals surface area contributed by atoms with E-state index in [9.17, 15) is 19.5 Å². The smallest absolute Gasteiger partial charge is 0.408 e. The molecule has 9 nitrogen and oxygen atoms in total. The van der Waals surface area contributed by atoms with Gasteiger partial charge in [-0.1, -0.05) is 18.2 Å². The second kappa shape index (κ2) is 9.34. The average molecular weight is 440 g/mol. The molecule has 0 aliphatic carbocycles. The molecular weight excluding hydrogens is 414 g/mol. The summed E-state index contributed by atoms with van der Waals surface area (Å²) in [6, 6.07) is 0.910. The van der Waals surface area contributed by atoms with Crippen molar-refractivity contribution in [2.24, 2.45) is 0 Å². The fourth-order valence-electron chi connectivity index (χ4n) is 2.95. The van der Waals surface area contributed by atoms with Crippen LogP contribution in [-0.2, 0) is 14.3 Å². The van der Waals surface area contributed by atoms with E-state index in [1.165, 1.54) is 11.1 Å². The molecule has 0 spiro atoms. The molecule has 0 saturated carbocycles. The molecule has 10 heteroatoms. The molecule has 30 heavy (non-hydrogen) atoms. The van der Waals surface area contributed by atoms with Crippen LogP contribution in [0.1, 0.15) is 34.1 Å². The fourth-order valence-corrected chi connectivity index (χ4v) is 3.06. The maximum absolute atomic E-state index is 13.1. The second-order valence-corrected chi connectivity index (χ2v) is 8.50. The van der Waals surface area contributed by atoms with Crippen LogP contribution in [0.15, 0.2) is 30.5 Å². The molecular formula is C20H26ClN3O6. The first-order valence-electron chi connectivity index (χ1n) is 9.34. The van der Waals surface area contributed by atoms with Crippen LogP contribution in [0.5, 0.6) is 5.88 Å². The van der Waals surface area contributed by atoms with Crippen LogP contribution in [0.2, 0.25) is 5.02 Å². The molecule has 164 valence electrons. The average Bonchev–Trinajstić information content (AvgIpc) is 3.03. The highest BCUT2D eigenvalue weighted by atomic mass is 35.5. The van der Waals surface area contributed by atoms with Gasteiger partial charge in [0.25, 0.3) is 0 Å². The van der Waals surface area contributed by atoms with Crippen molar-refractivity contribution in [3.63, 3.8) is 0 Å². The van der Waals surface area contributed by atoms with Crippen LogP contribution in [0, 0.1) is 0 Å². The first kappa shape index (κ1) is 23.5. The van der Waals surface area contributed by atoms with Gasteiger partial charge < -0.3 is 24.8 Å². The zero-order valence-electron chi connectivity index (χ0n) is 17.3. The molecule has 0 unspecified atom stereocenters. The van der Waals surface area contributed by atoms with Gasteiger partial charge in [-0.25, -0.2) is 14.6 Å². The monoisotopic (exact) mass is 439 g/mol. The van der Waals surface area contributed by atoms with E-state index in [-0.39, 0.29) is 18.8 Å². The van der Waals surface area contributed by atoms with E-state index in [1.54, 1.807) is 39.8 Å². The molecule has 1 fully saturated rings. The molecule has 2 N–H and O–H groups in total. The number of carbonyl (C=O) groups is 3. The Hall–Kier alpha value is -2.81. The maximum Gasteiger partial charge on any atom is 0.408 e. The second-order valence-electron chi connectivity index (χ2n) is 8.06. The van der Waals surface area contributed by atoms with Crippen LogP contribution in [-0.4, -0.2) is 63.3 Å². The van der Waals surface area contributed by atoms with Gasteiger partial charge in [-0.05, 0) is 39.3 Å². The number of aliphatic carboxylic acids is 1. The van der Waals surface area contributed by atoms with Crippen molar-refractivity contribution in [3.8, 4) is 5.88 Å². The third kappa shape index (κ3) is 6.35. The summed E-state index contributed by atoms with van der Waals surface area (Å²) in [5, 5.41) is 12.5. The van der Waals surface area contributed by atoms with Crippen molar-refractivity contribution in [1.82, 2.24) is 15.2 Å². The zero-order valence-corrected chi connectivity index (χ0v) is 18.1. The summed E-state index contributed by atoms with van der Waals surface area (Å²) in [6.45, 7) is 10.4. The number of likely N-dealkylation sites (tertiary alicyclic amines) is 1. The number of carboxylic acid groups (broad SMARTS) is 1. The summed E-state index contributed by atoms with van der Waals surface area (Å²) in [4.78, 5) is 42.2. The van der Waals surface area contributed by atoms with Crippen molar-refractivity contribution in [2.75, 3.05) is 6.54 Å². The van der Waals surface area contributed by atoms with Crippen LogP contribution in [0.4, 0.5) is 4.79 Å². The minimum absolute atomic E-state index is 0.0138. The summed E-state index contributed by atoms with van der Waals surface area (Å²) in [7, 11) is 0. The number of amides is 2. The number of hydrogen-bond donors (Lipinski definition) is 2. The van der Waals surface area contributed by atoms with Gasteiger partial charge in [0.1, 0.15) is 23.8 Å². The first-order valence-corrected chi connectivity index (χ1v) is 9.71. The SMILES string of the molecule is C=C(C)[C@H](NC(=O)OC(C)(C)C)C(=O)N1C[C@H](Oc2ccc(Cl)cn2)C[C@H]1C(=O)O.